The van der Waals surface area contributed by atoms with Gasteiger partial charge in [-0.3, -0.25) is 18.7 Å². The molecule has 1 fully saturated rings. The first-order chi connectivity index (χ1) is 13.0. The average Bonchev–Trinajstić information content (AvgIpc) is 3.17. The van der Waals surface area contributed by atoms with Gasteiger partial charge in [0.1, 0.15) is 17.5 Å². The number of piperazine rings is 1. The van der Waals surface area contributed by atoms with E-state index in [1.807, 2.05) is 0 Å². The summed E-state index contributed by atoms with van der Waals surface area (Å²) in [6.07, 6.45) is 3.03. The number of carbonyl (C=O) groups is 1. The molecule has 0 atom stereocenters. The maximum Gasteiger partial charge on any atom is 0.331 e. The van der Waals surface area contributed by atoms with E-state index in [-0.39, 0.29) is 11.6 Å². The number of aromatic nitrogens is 6. The Balaban J connectivity index is 1.55. The van der Waals surface area contributed by atoms with Crippen molar-refractivity contribution in [2.75, 3.05) is 31.1 Å². The summed E-state index contributed by atoms with van der Waals surface area (Å²) >= 11 is 0. The van der Waals surface area contributed by atoms with E-state index in [1.165, 1.54) is 31.1 Å². The average molecular weight is 370 g/mol. The zero-order valence-electron chi connectivity index (χ0n) is 14.9. The quantitative estimate of drug-likeness (QED) is 0.596. The fraction of sp³-hybridized carbons (Fsp3) is 0.375. The van der Waals surface area contributed by atoms with Crippen molar-refractivity contribution in [3.05, 3.63) is 45.3 Å². The van der Waals surface area contributed by atoms with E-state index in [0.717, 1.165) is 15.9 Å². The second kappa shape index (κ2) is 6.34. The molecular formula is C16H18N8O3. The summed E-state index contributed by atoms with van der Waals surface area (Å²) in [6, 6.07) is 1.20. The summed E-state index contributed by atoms with van der Waals surface area (Å²) in [5.41, 5.74) is 0.421. The van der Waals surface area contributed by atoms with Crippen LogP contribution in [0, 0.1) is 0 Å². The highest BCUT2D eigenvalue weighted by Gasteiger charge is 2.26. The van der Waals surface area contributed by atoms with Crippen LogP contribution in [0.2, 0.25) is 0 Å². The number of hydrogen-bond acceptors (Lipinski definition) is 7. The monoisotopic (exact) mass is 370 g/mol. The molecule has 0 spiro atoms. The molecule has 11 heteroatoms. The normalized spacial score (nSPS) is 14.7. The second-order valence-electron chi connectivity index (χ2n) is 6.35. The Labute approximate surface area is 152 Å². The van der Waals surface area contributed by atoms with Gasteiger partial charge in [0, 0.05) is 46.3 Å². The minimum absolute atomic E-state index is 0.0922. The van der Waals surface area contributed by atoms with Crippen molar-refractivity contribution in [1.29, 1.82) is 0 Å². The SMILES string of the molecule is Cn1c(C(=O)N2CCN(c3ncnc4nc[nH]c34)CC2)cc(=O)n(C)c1=O. The van der Waals surface area contributed by atoms with Crippen molar-refractivity contribution in [2.45, 2.75) is 0 Å². The predicted octanol–water partition coefficient (Wildman–Crippen LogP) is -1.29. The molecule has 0 saturated carbocycles. The minimum Gasteiger partial charge on any atom is -0.351 e. The van der Waals surface area contributed by atoms with Gasteiger partial charge < -0.3 is 14.8 Å². The smallest absolute Gasteiger partial charge is 0.331 e. The molecule has 11 nitrogen and oxygen atoms in total. The van der Waals surface area contributed by atoms with Crippen molar-refractivity contribution in [3.63, 3.8) is 0 Å². The lowest BCUT2D eigenvalue weighted by Crippen LogP contribution is -2.50. The lowest BCUT2D eigenvalue weighted by molar-refractivity contribution is 0.0734. The van der Waals surface area contributed by atoms with E-state index in [0.29, 0.717) is 31.8 Å². The molecule has 27 heavy (non-hydrogen) atoms. The molecular weight excluding hydrogens is 352 g/mol. The number of nitrogens with one attached hydrogen (secondary N) is 1. The fourth-order valence-electron chi connectivity index (χ4n) is 3.21. The van der Waals surface area contributed by atoms with Gasteiger partial charge in [-0.15, -0.1) is 0 Å². The van der Waals surface area contributed by atoms with Crippen molar-refractivity contribution in [1.82, 2.24) is 34.0 Å². The van der Waals surface area contributed by atoms with Crippen LogP contribution in [-0.4, -0.2) is 66.1 Å². The standard InChI is InChI=1S/C16H18N8O3/c1-21-10(7-11(25)22(2)16(21)27)15(26)24-5-3-23(4-6-24)14-12-13(18-8-17-12)19-9-20-14/h7-9H,3-6H2,1-2H3,(H,17,18,19,20). The molecule has 1 N–H and O–H groups in total. The molecule has 0 aliphatic carbocycles. The van der Waals surface area contributed by atoms with Crippen molar-refractivity contribution >= 4 is 22.9 Å². The number of amides is 1. The van der Waals surface area contributed by atoms with Gasteiger partial charge in [0.15, 0.2) is 11.5 Å². The Morgan fingerprint density at radius 2 is 1.78 bits per heavy atom. The van der Waals surface area contributed by atoms with E-state index in [9.17, 15) is 14.4 Å². The largest absolute Gasteiger partial charge is 0.351 e. The molecule has 1 amide bonds. The van der Waals surface area contributed by atoms with Gasteiger partial charge in [-0.05, 0) is 0 Å². The Kier molecular flexibility index (Phi) is 3.98. The third-order valence-electron chi connectivity index (χ3n) is 4.81. The molecule has 0 radical (unpaired) electrons. The van der Waals surface area contributed by atoms with Crippen LogP contribution in [-0.2, 0) is 14.1 Å². The number of fused-ring (bicyclic) bond motifs is 1. The van der Waals surface area contributed by atoms with Gasteiger partial charge in [0.05, 0.1) is 6.33 Å². The first kappa shape index (κ1) is 16.9. The summed E-state index contributed by atoms with van der Waals surface area (Å²) in [4.78, 5) is 56.0. The lowest BCUT2D eigenvalue weighted by Gasteiger charge is -2.35. The number of rotatable bonds is 2. The number of carbonyl (C=O) groups excluding carboxylic acids is 1. The molecule has 3 aromatic heterocycles. The maximum absolute atomic E-state index is 12.8. The lowest BCUT2D eigenvalue weighted by atomic mass is 10.2. The Morgan fingerprint density at radius 1 is 1.04 bits per heavy atom. The number of anilines is 1. The molecule has 0 aromatic carbocycles. The third-order valence-corrected chi connectivity index (χ3v) is 4.81. The first-order valence-electron chi connectivity index (χ1n) is 8.42. The van der Waals surface area contributed by atoms with Gasteiger partial charge in [-0.2, -0.15) is 0 Å². The van der Waals surface area contributed by atoms with Gasteiger partial charge in [-0.25, -0.2) is 19.7 Å². The molecule has 0 unspecified atom stereocenters. The second-order valence-corrected chi connectivity index (χ2v) is 6.35. The number of nitrogens with zero attached hydrogens (tertiary/aromatic N) is 7. The van der Waals surface area contributed by atoms with Crippen molar-refractivity contribution < 1.29 is 4.79 Å². The van der Waals surface area contributed by atoms with Crippen LogP contribution in [0.15, 0.2) is 28.3 Å². The van der Waals surface area contributed by atoms with Crippen LogP contribution < -0.4 is 16.1 Å². The fourth-order valence-corrected chi connectivity index (χ4v) is 3.21. The summed E-state index contributed by atoms with van der Waals surface area (Å²) in [5, 5.41) is 0. The van der Waals surface area contributed by atoms with Gasteiger partial charge >= 0.3 is 5.69 Å². The van der Waals surface area contributed by atoms with Crippen LogP contribution in [0.5, 0.6) is 0 Å². The number of hydrogen-bond donors (Lipinski definition) is 1. The molecule has 1 saturated heterocycles. The molecule has 1 aliphatic rings. The van der Waals surface area contributed by atoms with Crippen LogP contribution in [0.25, 0.3) is 11.2 Å². The van der Waals surface area contributed by atoms with E-state index in [2.05, 4.69) is 24.8 Å². The summed E-state index contributed by atoms with van der Waals surface area (Å²) in [7, 11) is 2.87. The Hall–Kier alpha value is -3.50. The maximum atomic E-state index is 12.8. The van der Waals surface area contributed by atoms with Crippen LogP contribution in [0.4, 0.5) is 5.82 Å². The van der Waals surface area contributed by atoms with E-state index >= 15 is 0 Å². The van der Waals surface area contributed by atoms with Crippen LogP contribution in [0.3, 0.4) is 0 Å². The summed E-state index contributed by atoms with van der Waals surface area (Å²) < 4.78 is 2.17. The Morgan fingerprint density at radius 3 is 2.52 bits per heavy atom. The first-order valence-corrected chi connectivity index (χ1v) is 8.42. The van der Waals surface area contributed by atoms with Gasteiger partial charge in [0.25, 0.3) is 11.5 Å². The highest BCUT2D eigenvalue weighted by atomic mass is 16.2. The van der Waals surface area contributed by atoms with E-state index in [1.54, 1.807) is 11.2 Å². The number of H-pyrrole nitrogens is 1. The molecule has 0 bridgehead atoms. The minimum atomic E-state index is -0.521. The van der Waals surface area contributed by atoms with Crippen LogP contribution >= 0.6 is 0 Å². The molecule has 1 aliphatic heterocycles. The van der Waals surface area contributed by atoms with Crippen molar-refractivity contribution in [3.8, 4) is 0 Å². The molecule has 4 heterocycles. The number of imidazole rings is 1. The molecule has 3 aromatic rings. The Bertz CT molecular complexity index is 1140. The van der Waals surface area contributed by atoms with Crippen LogP contribution in [0.1, 0.15) is 10.5 Å². The summed E-state index contributed by atoms with van der Waals surface area (Å²) in [6.45, 7) is 2.02. The van der Waals surface area contributed by atoms with Gasteiger partial charge in [0.2, 0.25) is 0 Å². The number of aromatic amines is 1. The predicted molar refractivity (Wildman–Crippen MR) is 96.7 cm³/mol. The zero-order valence-corrected chi connectivity index (χ0v) is 14.9. The van der Waals surface area contributed by atoms with E-state index < -0.39 is 11.2 Å². The van der Waals surface area contributed by atoms with Gasteiger partial charge in [-0.1, -0.05) is 0 Å². The highest BCUT2D eigenvalue weighted by molar-refractivity contribution is 5.92. The molecule has 140 valence electrons. The summed E-state index contributed by atoms with van der Waals surface area (Å²) in [5.74, 6) is 0.409. The molecule has 4 rings (SSSR count). The highest BCUT2D eigenvalue weighted by Crippen LogP contribution is 2.21. The van der Waals surface area contributed by atoms with Crippen molar-refractivity contribution in [2.24, 2.45) is 14.1 Å². The topological polar surface area (TPSA) is 122 Å². The van der Waals surface area contributed by atoms with E-state index in [4.69, 9.17) is 0 Å². The third kappa shape index (κ3) is 2.76. The zero-order chi connectivity index (χ0) is 19.1.